The number of allylic oxidation sites excluding steroid dienone is 3. The number of aliphatic imine (C=N–C) groups is 3. The first-order valence-electron chi connectivity index (χ1n) is 46.2. The van der Waals surface area contributed by atoms with Gasteiger partial charge in [-0.25, -0.2) is 22.4 Å². The van der Waals surface area contributed by atoms with Crippen molar-refractivity contribution in [2.75, 3.05) is 379 Å². The minimum absolute atomic E-state index is 0. The van der Waals surface area contributed by atoms with Gasteiger partial charge in [0.15, 0.2) is 28.9 Å². The molecule has 0 aliphatic heterocycles. The highest BCUT2D eigenvalue weighted by molar-refractivity contribution is 8.12. The molecular formula is C99H240N26O13S4. The number of hydrogen-bond acceptors (Lipinski definition) is 25. The highest BCUT2D eigenvalue weighted by Crippen LogP contribution is 2.22. The SMILES string of the molecule is C.C=C(C)N(C)C(C)=O.CC=C(C)N(C)C.CCC(=O)N(C)C.CCC(=O)N(C)C.CCC(C)(C)N(C)C.CCC(C)(C)N(C)C.CN(C)C(=O)N(C)C.CN(C)C(C)(C)N(C)C.CN(C)S(=O)(=O)N(C)C.CN(C)S(=O)N(C)C.CN=C(C)N(C)C.CN=C(N(C)C)N(C)C.CN=C(N(C)C)N(C)C.COC(=O)N(C)C.COC(C)(C)N(C)C.COC(C)(C)OC.CSC(=O)N(C)C.CSC(C)(C)N(C)C. The largest absolute Gasteiger partial charge is 0.453 e. The molecule has 0 bridgehead atoms. The molecule has 142 heavy (non-hydrogen) atoms. The highest BCUT2D eigenvalue weighted by Gasteiger charge is 2.23. The zero-order valence-electron chi connectivity index (χ0n) is 106. The second kappa shape index (κ2) is 101. The minimum atomic E-state index is -3.15. The van der Waals surface area contributed by atoms with Crippen LogP contribution in [-0.2, 0) is 54.7 Å². The van der Waals surface area contributed by atoms with E-state index < -0.39 is 27.2 Å². The summed E-state index contributed by atoms with van der Waals surface area (Å²) in [5.74, 6) is 2.99. The number of carbonyl (C=O) groups is 6. The third-order valence-corrected chi connectivity index (χ3v) is 25.8. The normalized spacial score (nSPS) is 10.6. The number of amides is 7. The number of thioether (sulfide) groups is 2. The van der Waals surface area contributed by atoms with Crippen molar-refractivity contribution in [3.8, 4) is 0 Å². The summed E-state index contributed by atoms with van der Waals surface area (Å²) in [4.78, 5) is 111. The number of carbonyl (C=O) groups excluding carboxylic acids is 6. The Morgan fingerprint density at radius 2 is 0.669 bits per heavy atom. The first-order chi connectivity index (χ1) is 62.8. The van der Waals surface area contributed by atoms with Gasteiger partial charge in [-0.3, -0.25) is 53.8 Å². The zero-order valence-corrected chi connectivity index (χ0v) is 109. The fraction of sp³-hybridized carbons (Fsp3) is 0.869. The fourth-order valence-electron chi connectivity index (χ4n) is 5.86. The Morgan fingerprint density at radius 3 is 0.669 bits per heavy atom. The average molecular weight is 2130 g/mol. The monoisotopic (exact) mass is 2130 g/mol. The van der Waals surface area contributed by atoms with Crippen molar-refractivity contribution in [1.82, 2.24) is 110 Å². The minimum Gasteiger partial charge on any atom is -0.453 e. The van der Waals surface area contributed by atoms with Crippen LogP contribution in [0.5, 0.6) is 0 Å². The van der Waals surface area contributed by atoms with Gasteiger partial charge in [-0.2, -0.15) is 17.0 Å². The van der Waals surface area contributed by atoms with Gasteiger partial charge in [-0.15, -0.1) is 11.8 Å². The fourth-order valence-corrected chi connectivity index (χ4v) is 7.90. The Bertz CT molecular complexity index is 2950. The number of hydrogen-bond donors (Lipinski definition) is 0. The molecule has 0 spiro atoms. The van der Waals surface area contributed by atoms with Crippen molar-refractivity contribution in [3.63, 3.8) is 0 Å². The number of urea groups is 1. The lowest BCUT2D eigenvalue weighted by Gasteiger charge is -2.38. The standard InChI is InChI=1S/C7H18N2.2C7H17N.2C6H15N3.C6H15NO.C6H11NO.C6H15NS.C6H13N.C5H12N2O.C5H12N2.2C5H11NO.C5H12O2.C4H12N2O2S.C4H12N2OS.C4H9NO2.C4H9NOS.CH4/c1-7(2,8(3)4)9(5)6;2*1-6-7(2,3)8(4)5;2*1-7-6(8(2)3)9(4)5;1-6(2,8-5)7(3)4;1-5(2)7(4)6(3)8;1-6(2,8-5)7(3)4;1-5-6(2)7(3)4;1-6(2)5(8)7(3)4;1-5(6-2)7(3)4;2*1-4-5(7)6(2)3;1-5(2,6-3)7-4;1-5(2)9(7,8)6(3)4;1-5(2)8(7)6(3)4;2*1-5(2)4(6)7-3;/h1-6H3;2*6H2,1-5H3;2*1-5H3;1-5H3;1H2,2-4H3;1-5H3;5H,1-4H3;1-4H3;1-4H3;2*4H2,1-3H3;1-4H3;1-4H3;1-4H3;2*1-3H3;1H4. The predicted octanol–water partition coefficient (Wildman–Crippen LogP) is 13.4. The zero-order chi connectivity index (χ0) is 119. The molecule has 0 aliphatic carbocycles. The van der Waals surface area contributed by atoms with Crippen LogP contribution in [0.15, 0.2) is 39.0 Å². The van der Waals surface area contributed by atoms with Gasteiger partial charge in [0.25, 0.3) is 15.4 Å². The number of nitrogens with zero attached hydrogens (tertiary/aromatic N) is 26. The van der Waals surface area contributed by atoms with Crippen LogP contribution in [0.1, 0.15) is 179 Å². The summed E-state index contributed by atoms with van der Waals surface area (Å²) in [6.45, 7) is 46.6. The Balaban J connectivity index is -0.0000000664. The molecule has 0 radical (unpaired) electrons. The molecule has 39 nitrogen and oxygen atoms in total. The van der Waals surface area contributed by atoms with Gasteiger partial charge >= 0.3 is 12.1 Å². The van der Waals surface area contributed by atoms with Crippen molar-refractivity contribution in [2.24, 2.45) is 15.0 Å². The van der Waals surface area contributed by atoms with Crippen LogP contribution >= 0.6 is 23.5 Å². The number of guanidine groups is 2. The van der Waals surface area contributed by atoms with Crippen LogP contribution in [0, 0.1) is 0 Å². The first kappa shape index (κ1) is 181. The van der Waals surface area contributed by atoms with Crippen LogP contribution in [0.4, 0.5) is 14.4 Å². The van der Waals surface area contributed by atoms with E-state index in [-0.39, 0.29) is 53.9 Å². The van der Waals surface area contributed by atoms with Gasteiger partial charge in [-0.1, -0.05) is 59.5 Å². The van der Waals surface area contributed by atoms with E-state index in [1.807, 2.05) is 195 Å². The summed E-state index contributed by atoms with van der Waals surface area (Å²) >= 11 is 2.12. The molecule has 0 saturated heterocycles. The van der Waals surface area contributed by atoms with Crippen LogP contribution in [0.25, 0.3) is 0 Å². The molecule has 0 saturated carbocycles. The second-order valence-corrected chi connectivity index (χ2v) is 44.7. The molecule has 0 aromatic carbocycles. The first-order valence-corrected chi connectivity index (χ1v) is 51.1. The highest BCUT2D eigenvalue weighted by atomic mass is 32.2. The summed E-state index contributed by atoms with van der Waals surface area (Å²) in [7, 11) is 92.7. The number of methoxy groups -OCH3 is 4. The summed E-state index contributed by atoms with van der Waals surface area (Å²) in [6, 6.07) is 0.0185. The van der Waals surface area contributed by atoms with E-state index in [2.05, 4.69) is 215 Å². The number of rotatable bonds is 20. The van der Waals surface area contributed by atoms with Gasteiger partial charge in [-0.05, 0) is 221 Å². The van der Waals surface area contributed by atoms with E-state index in [1.165, 1.54) is 92.1 Å². The molecule has 0 fully saturated rings. The molecule has 43 heteroatoms. The second-order valence-electron chi connectivity index (χ2n) is 38.2. The molecule has 0 aromatic rings. The van der Waals surface area contributed by atoms with E-state index in [9.17, 15) is 41.4 Å². The summed E-state index contributed by atoms with van der Waals surface area (Å²) < 4.78 is 57.3. The maximum atomic E-state index is 10.9. The van der Waals surface area contributed by atoms with Crippen LogP contribution < -0.4 is 0 Å². The number of amidine groups is 1. The quantitative estimate of drug-likeness (QED) is 0.0621. The molecule has 0 rings (SSSR count). The maximum Gasteiger partial charge on any atom is 0.408 e. The van der Waals surface area contributed by atoms with Gasteiger partial charge in [0.1, 0.15) is 5.72 Å². The van der Waals surface area contributed by atoms with E-state index in [0.717, 1.165) is 32.1 Å². The Kier molecular flexibility index (Phi) is 129. The summed E-state index contributed by atoms with van der Waals surface area (Å²) in [5, 5.41) is 0.0972. The van der Waals surface area contributed by atoms with Crippen LogP contribution in [0.2, 0.25) is 0 Å². The molecule has 0 aromatic heterocycles. The van der Waals surface area contributed by atoms with Crippen molar-refractivity contribution < 1.29 is 60.3 Å². The van der Waals surface area contributed by atoms with Gasteiger partial charge in [0, 0.05) is 317 Å². The molecular weight excluding hydrogens is 1890 g/mol. The van der Waals surface area contributed by atoms with E-state index >= 15 is 0 Å². The molecule has 7 amide bonds. The molecule has 0 heterocycles. The lowest BCUT2D eigenvalue weighted by atomic mass is 10.0. The summed E-state index contributed by atoms with van der Waals surface area (Å²) in [5.41, 5.74) is 2.87. The lowest BCUT2D eigenvalue weighted by Crippen LogP contribution is -2.49. The van der Waals surface area contributed by atoms with Gasteiger partial charge in [0.2, 0.25) is 17.7 Å². The molecule has 0 N–H and O–H groups in total. The smallest absolute Gasteiger partial charge is 0.408 e. The average Bonchev–Trinajstić information content (AvgIpc) is 0.880. The topological polar surface area (TPSA) is 302 Å². The van der Waals surface area contributed by atoms with Crippen molar-refractivity contribution in [2.45, 2.75) is 212 Å². The molecule has 0 unspecified atom stereocenters. The Morgan fingerprint density at radius 1 is 0.387 bits per heavy atom. The van der Waals surface area contributed by atoms with E-state index in [0.29, 0.717) is 28.8 Å². The van der Waals surface area contributed by atoms with E-state index in [1.54, 1.807) is 199 Å². The van der Waals surface area contributed by atoms with Crippen molar-refractivity contribution in [1.29, 1.82) is 0 Å². The maximum absolute atomic E-state index is 10.9. The van der Waals surface area contributed by atoms with E-state index in [4.69, 9.17) is 14.2 Å². The Labute approximate surface area is 893 Å². The number of ether oxygens (including phenoxy) is 4. The molecule has 868 valence electrons. The van der Waals surface area contributed by atoms with Crippen molar-refractivity contribution in [3.05, 3.63) is 24.0 Å². The predicted molar refractivity (Wildman–Crippen MR) is 630 cm³/mol. The van der Waals surface area contributed by atoms with Gasteiger partial charge in [0.05, 0.1) is 23.5 Å². The van der Waals surface area contributed by atoms with Crippen molar-refractivity contribution >= 4 is 97.7 Å². The molecule has 0 atom stereocenters. The third kappa shape index (κ3) is 121. The third-order valence-electron chi connectivity index (χ3n) is 20.6. The van der Waals surface area contributed by atoms with Gasteiger partial charge < -0.3 is 92.4 Å². The lowest BCUT2D eigenvalue weighted by molar-refractivity contribution is -0.178. The van der Waals surface area contributed by atoms with Crippen LogP contribution in [-0.4, -0.2) is 588 Å². The summed E-state index contributed by atoms with van der Waals surface area (Å²) in [6.07, 6.45) is 9.28. The Hall–Kier alpha value is -6.01. The molecule has 0 aliphatic rings. The van der Waals surface area contributed by atoms with Crippen LogP contribution in [0.3, 0.4) is 0 Å².